The maximum absolute atomic E-state index is 5.28. The molecule has 2 aromatic rings. The largest absolute Gasteiger partial charge is 0.339 e. The highest BCUT2D eigenvalue weighted by Crippen LogP contribution is 2.22. The van der Waals surface area contributed by atoms with Gasteiger partial charge in [-0.25, -0.2) is 0 Å². The number of nitrogens with zero attached hydrogens (tertiary/aromatic N) is 2. The van der Waals surface area contributed by atoms with Gasteiger partial charge in [0.15, 0.2) is 5.82 Å². The predicted molar refractivity (Wildman–Crippen MR) is 81.9 cm³/mol. The molecule has 1 atom stereocenters. The molecule has 0 aliphatic carbocycles. The lowest BCUT2D eigenvalue weighted by Crippen LogP contribution is -2.27. The van der Waals surface area contributed by atoms with Crippen LogP contribution in [-0.2, 0) is 12.2 Å². The normalized spacial score (nSPS) is 12.6. The fourth-order valence-corrected chi connectivity index (χ4v) is 2.82. The third-order valence-corrected chi connectivity index (χ3v) is 3.89. The molecule has 0 saturated heterocycles. The molecule has 4 nitrogen and oxygen atoms in total. The van der Waals surface area contributed by atoms with Gasteiger partial charge in [-0.15, -0.1) is 11.8 Å². The molecule has 1 aromatic carbocycles. The van der Waals surface area contributed by atoms with E-state index in [1.54, 1.807) is 11.8 Å². The third kappa shape index (κ3) is 4.65. The van der Waals surface area contributed by atoms with Gasteiger partial charge in [-0.1, -0.05) is 29.8 Å². The fraction of sp³-hybridized carbons (Fsp3) is 0.467. The molecule has 1 N–H and O–H groups in total. The summed E-state index contributed by atoms with van der Waals surface area (Å²) >= 11 is 1.73. The summed E-state index contributed by atoms with van der Waals surface area (Å²) in [5.74, 6) is 2.20. The summed E-state index contributed by atoms with van der Waals surface area (Å²) in [7, 11) is 0. The standard InChI is InChI=1S/C15H21N3OS/c1-4-16-12(3)9-15-17-14(18-19-15)10-20-13-7-5-6-11(2)8-13/h5-8,12,16H,4,9-10H2,1-3H3. The van der Waals surface area contributed by atoms with Crippen LogP contribution in [0.3, 0.4) is 0 Å². The maximum atomic E-state index is 5.28. The quantitative estimate of drug-likeness (QED) is 0.794. The smallest absolute Gasteiger partial charge is 0.228 e. The number of rotatable bonds is 7. The monoisotopic (exact) mass is 291 g/mol. The van der Waals surface area contributed by atoms with Crippen LogP contribution >= 0.6 is 11.8 Å². The third-order valence-electron chi connectivity index (χ3n) is 2.90. The topological polar surface area (TPSA) is 51.0 Å². The van der Waals surface area contributed by atoms with Crippen LogP contribution in [0.1, 0.15) is 31.1 Å². The van der Waals surface area contributed by atoms with Gasteiger partial charge in [0.05, 0.1) is 5.75 Å². The molecule has 0 spiro atoms. The highest BCUT2D eigenvalue weighted by Gasteiger charge is 2.10. The second kappa shape index (κ2) is 7.45. The molecule has 20 heavy (non-hydrogen) atoms. The molecule has 0 fully saturated rings. The zero-order chi connectivity index (χ0) is 14.4. The summed E-state index contributed by atoms with van der Waals surface area (Å²) in [6.07, 6.45) is 0.774. The van der Waals surface area contributed by atoms with Crippen LogP contribution in [0.4, 0.5) is 0 Å². The Morgan fingerprint density at radius 3 is 3.00 bits per heavy atom. The van der Waals surface area contributed by atoms with Gasteiger partial charge >= 0.3 is 0 Å². The van der Waals surface area contributed by atoms with E-state index >= 15 is 0 Å². The molecular weight excluding hydrogens is 270 g/mol. The first-order valence-corrected chi connectivity index (χ1v) is 7.90. The molecule has 1 aromatic heterocycles. The number of benzene rings is 1. The maximum Gasteiger partial charge on any atom is 0.228 e. The van der Waals surface area contributed by atoms with Crippen LogP contribution in [-0.4, -0.2) is 22.7 Å². The molecule has 108 valence electrons. The molecular formula is C15H21N3OS. The van der Waals surface area contributed by atoms with Crippen molar-refractivity contribution in [1.82, 2.24) is 15.5 Å². The van der Waals surface area contributed by atoms with Crippen LogP contribution in [0.5, 0.6) is 0 Å². The van der Waals surface area contributed by atoms with E-state index in [-0.39, 0.29) is 0 Å². The summed E-state index contributed by atoms with van der Waals surface area (Å²) in [5, 5.41) is 7.37. The molecule has 5 heteroatoms. The number of aromatic nitrogens is 2. The molecule has 1 unspecified atom stereocenters. The molecule has 0 aliphatic rings. The Bertz CT molecular complexity index is 541. The summed E-state index contributed by atoms with van der Waals surface area (Å²) < 4.78 is 5.28. The van der Waals surface area contributed by atoms with Crippen molar-refractivity contribution in [3.05, 3.63) is 41.5 Å². The van der Waals surface area contributed by atoms with Crippen molar-refractivity contribution in [2.75, 3.05) is 6.54 Å². The lowest BCUT2D eigenvalue weighted by atomic mass is 10.2. The summed E-state index contributed by atoms with van der Waals surface area (Å²) in [5.41, 5.74) is 1.27. The van der Waals surface area contributed by atoms with Gasteiger partial charge < -0.3 is 9.84 Å². The van der Waals surface area contributed by atoms with Crippen molar-refractivity contribution in [3.8, 4) is 0 Å². The predicted octanol–water partition coefficient (Wildman–Crippen LogP) is 3.21. The van der Waals surface area contributed by atoms with Crippen molar-refractivity contribution < 1.29 is 4.52 Å². The summed E-state index contributed by atoms with van der Waals surface area (Å²) in [4.78, 5) is 5.67. The number of likely N-dealkylation sites (N-methyl/N-ethyl adjacent to an activating group) is 1. The average molecular weight is 291 g/mol. The Labute approximate surface area is 124 Å². The second-order valence-electron chi connectivity index (χ2n) is 4.87. The Balaban J connectivity index is 1.86. The Morgan fingerprint density at radius 1 is 1.40 bits per heavy atom. The minimum Gasteiger partial charge on any atom is -0.339 e. The second-order valence-corrected chi connectivity index (χ2v) is 5.92. The molecule has 2 rings (SSSR count). The van der Waals surface area contributed by atoms with E-state index in [0.717, 1.165) is 24.5 Å². The Kier molecular flexibility index (Phi) is 5.61. The average Bonchev–Trinajstić information content (AvgIpc) is 2.84. The van der Waals surface area contributed by atoms with E-state index in [9.17, 15) is 0 Å². The van der Waals surface area contributed by atoms with E-state index in [1.807, 2.05) is 0 Å². The lowest BCUT2D eigenvalue weighted by Gasteiger charge is -2.07. The molecule has 0 radical (unpaired) electrons. The minimum absolute atomic E-state index is 0.359. The number of hydrogen-bond acceptors (Lipinski definition) is 5. The van der Waals surface area contributed by atoms with Gasteiger partial charge in [-0.3, -0.25) is 0 Å². The first-order valence-electron chi connectivity index (χ1n) is 6.91. The Morgan fingerprint density at radius 2 is 2.25 bits per heavy atom. The van der Waals surface area contributed by atoms with E-state index in [0.29, 0.717) is 11.9 Å². The number of hydrogen-bond donors (Lipinski definition) is 1. The highest BCUT2D eigenvalue weighted by atomic mass is 32.2. The van der Waals surface area contributed by atoms with E-state index in [2.05, 4.69) is 60.5 Å². The molecule has 0 bridgehead atoms. The van der Waals surface area contributed by atoms with Crippen LogP contribution in [0.25, 0.3) is 0 Å². The zero-order valence-electron chi connectivity index (χ0n) is 12.2. The van der Waals surface area contributed by atoms with E-state index in [1.165, 1.54) is 10.5 Å². The first-order chi connectivity index (χ1) is 9.67. The van der Waals surface area contributed by atoms with Gasteiger partial charge in [-0.05, 0) is 32.5 Å². The van der Waals surface area contributed by atoms with E-state index in [4.69, 9.17) is 4.52 Å². The fourth-order valence-electron chi connectivity index (χ4n) is 1.97. The molecule has 0 amide bonds. The SMILES string of the molecule is CCNC(C)Cc1nc(CSc2cccc(C)c2)no1. The molecule has 0 aliphatic heterocycles. The lowest BCUT2D eigenvalue weighted by molar-refractivity contribution is 0.359. The van der Waals surface area contributed by atoms with Crippen LogP contribution in [0.15, 0.2) is 33.7 Å². The van der Waals surface area contributed by atoms with E-state index < -0.39 is 0 Å². The summed E-state index contributed by atoms with van der Waals surface area (Å²) in [6, 6.07) is 8.79. The van der Waals surface area contributed by atoms with Gasteiger partial charge in [0.2, 0.25) is 5.89 Å². The van der Waals surface area contributed by atoms with Crippen LogP contribution in [0, 0.1) is 6.92 Å². The number of aryl methyl sites for hydroxylation is 1. The van der Waals surface area contributed by atoms with Crippen LogP contribution in [0.2, 0.25) is 0 Å². The van der Waals surface area contributed by atoms with Crippen molar-refractivity contribution in [2.24, 2.45) is 0 Å². The minimum atomic E-state index is 0.359. The van der Waals surface area contributed by atoms with Crippen molar-refractivity contribution in [2.45, 2.75) is 43.9 Å². The molecule has 0 saturated carbocycles. The number of thioether (sulfide) groups is 1. The van der Waals surface area contributed by atoms with Crippen molar-refractivity contribution >= 4 is 11.8 Å². The van der Waals surface area contributed by atoms with Gasteiger partial charge in [0.25, 0.3) is 0 Å². The first kappa shape index (κ1) is 15.1. The number of nitrogens with one attached hydrogen (secondary N) is 1. The molecule has 1 heterocycles. The van der Waals surface area contributed by atoms with Gasteiger partial charge in [0.1, 0.15) is 0 Å². The highest BCUT2D eigenvalue weighted by molar-refractivity contribution is 7.98. The summed E-state index contributed by atoms with van der Waals surface area (Å²) in [6.45, 7) is 7.26. The van der Waals surface area contributed by atoms with Gasteiger partial charge in [0, 0.05) is 17.4 Å². The van der Waals surface area contributed by atoms with Gasteiger partial charge in [-0.2, -0.15) is 4.98 Å². The van der Waals surface area contributed by atoms with Crippen molar-refractivity contribution in [3.63, 3.8) is 0 Å². The Hall–Kier alpha value is -1.33. The van der Waals surface area contributed by atoms with Crippen molar-refractivity contribution in [1.29, 1.82) is 0 Å². The zero-order valence-corrected chi connectivity index (χ0v) is 13.0. The van der Waals surface area contributed by atoms with Crippen LogP contribution < -0.4 is 5.32 Å².